The molecule has 0 heterocycles. The Bertz CT molecular complexity index is 141. The van der Waals surface area contributed by atoms with Gasteiger partial charge in [-0.25, -0.2) is 0 Å². The first-order valence-corrected chi connectivity index (χ1v) is 4.42. The Morgan fingerprint density at radius 1 is 1.70 bits per heavy atom. The highest BCUT2D eigenvalue weighted by Gasteiger charge is 1.92. The number of aliphatic carboxylic acids is 1. The summed E-state index contributed by atoms with van der Waals surface area (Å²) < 4.78 is 0. The quantitative estimate of drug-likeness (QED) is 0.637. The van der Waals surface area contributed by atoms with Gasteiger partial charge in [0.05, 0.1) is 6.42 Å². The van der Waals surface area contributed by atoms with E-state index in [0.29, 0.717) is 0 Å². The lowest BCUT2D eigenvalue weighted by Crippen LogP contribution is -1.92. The van der Waals surface area contributed by atoms with Crippen molar-refractivity contribution in [3.8, 4) is 0 Å². The molecule has 0 saturated heterocycles. The van der Waals surface area contributed by atoms with E-state index in [2.05, 4.69) is 0 Å². The van der Waals surface area contributed by atoms with Crippen molar-refractivity contribution in [2.75, 3.05) is 12.0 Å². The van der Waals surface area contributed by atoms with Crippen LogP contribution in [0.5, 0.6) is 0 Å². The molecule has 0 unspecified atom stereocenters. The minimum absolute atomic E-state index is 0.145. The summed E-state index contributed by atoms with van der Waals surface area (Å²) in [5.74, 6) is 0.160. The molecule has 0 atom stereocenters. The van der Waals surface area contributed by atoms with E-state index in [1.807, 2.05) is 13.2 Å². The van der Waals surface area contributed by atoms with Gasteiger partial charge in [-0.05, 0) is 13.2 Å². The second-order valence-corrected chi connectivity index (χ2v) is 2.95. The summed E-state index contributed by atoms with van der Waals surface area (Å²) >= 11 is 1.70. The van der Waals surface area contributed by atoms with E-state index in [1.54, 1.807) is 17.8 Å². The maximum atomic E-state index is 10.1. The Kier molecular flexibility index (Phi) is 5.12. The van der Waals surface area contributed by atoms with E-state index >= 15 is 0 Å². The fourth-order valence-electron chi connectivity index (χ4n) is 0.548. The van der Waals surface area contributed by atoms with E-state index < -0.39 is 5.97 Å². The number of thioether (sulfide) groups is 1. The zero-order valence-electron chi connectivity index (χ0n) is 6.26. The van der Waals surface area contributed by atoms with Crippen molar-refractivity contribution in [3.63, 3.8) is 0 Å². The van der Waals surface area contributed by atoms with Crippen LogP contribution in [0.3, 0.4) is 0 Å². The Morgan fingerprint density at radius 3 is 2.70 bits per heavy atom. The molecule has 0 bridgehead atoms. The van der Waals surface area contributed by atoms with Gasteiger partial charge in [0.2, 0.25) is 0 Å². The number of rotatable bonds is 4. The minimum atomic E-state index is -0.763. The van der Waals surface area contributed by atoms with Gasteiger partial charge >= 0.3 is 5.97 Å². The molecule has 58 valence electrons. The van der Waals surface area contributed by atoms with E-state index in [-0.39, 0.29) is 6.42 Å². The molecule has 0 aliphatic heterocycles. The molecule has 0 aromatic heterocycles. The van der Waals surface area contributed by atoms with Crippen LogP contribution in [0.2, 0.25) is 0 Å². The molecule has 0 aromatic carbocycles. The lowest BCUT2D eigenvalue weighted by molar-refractivity contribution is -0.136. The predicted octanol–water partition coefficient (Wildman–Crippen LogP) is 1.77. The minimum Gasteiger partial charge on any atom is -0.481 e. The van der Waals surface area contributed by atoms with Crippen LogP contribution in [0.15, 0.2) is 11.6 Å². The molecule has 0 fully saturated rings. The SMILES string of the molecule is CSC/C(C)=C\CC(=O)O. The van der Waals surface area contributed by atoms with Gasteiger partial charge in [0.15, 0.2) is 0 Å². The molecule has 0 aromatic rings. The molecule has 0 rings (SSSR count). The summed E-state index contributed by atoms with van der Waals surface area (Å²) in [5.41, 5.74) is 1.13. The summed E-state index contributed by atoms with van der Waals surface area (Å²) in [4.78, 5) is 10.1. The Morgan fingerprint density at radius 2 is 2.30 bits per heavy atom. The predicted molar refractivity (Wildman–Crippen MR) is 44.4 cm³/mol. The summed E-state index contributed by atoms with van der Waals surface area (Å²) in [6, 6.07) is 0. The number of hydrogen-bond donors (Lipinski definition) is 1. The van der Waals surface area contributed by atoms with Crippen LogP contribution in [-0.4, -0.2) is 23.1 Å². The third kappa shape index (κ3) is 5.69. The van der Waals surface area contributed by atoms with Crippen LogP contribution in [0, 0.1) is 0 Å². The Hall–Kier alpha value is -0.440. The highest BCUT2D eigenvalue weighted by atomic mass is 32.2. The number of carbonyl (C=O) groups is 1. The van der Waals surface area contributed by atoms with Crippen molar-refractivity contribution >= 4 is 17.7 Å². The maximum Gasteiger partial charge on any atom is 0.307 e. The van der Waals surface area contributed by atoms with Crippen LogP contribution in [0.4, 0.5) is 0 Å². The molecule has 1 N–H and O–H groups in total. The lowest BCUT2D eigenvalue weighted by Gasteiger charge is -1.94. The van der Waals surface area contributed by atoms with Gasteiger partial charge in [0, 0.05) is 5.75 Å². The molecular weight excluding hydrogens is 148 g/mol. The highest BCUT2D eigenvalue weighted by Crippen LogP contribution is 2.03. The summed E-state index contributed by atoms with van der Waals surface area (Å²) in [5, 5.41) is 8.28. The average molecular weight is 160 g/mol. The molecule has 0 radical (unpaired) electrons. The highest BCUT2D eigenvalue weighted by molar-refractivity contribution is 7.98. The summed E-state index contributed by atoms with van der Waals surface area (Å²) in [7, 11) is 0. The van der Waals surface area contributed by atoms with Crippen LogP contribution in [0.25, 0.3) is 0 Å². The molecule has 0 aliphatic rings. The van der Waals surface area contributed by atoms with Gasteiger partial charge < -0.3 is 5.11 Å². The van der Waals surface area contributed by atoms with Gasteiger partial charge in [-0.15, -0.1) is 0 Å². The number of carboxylic acids is 1. The monoisotopic (exact) mass is 160 g/mol. The standard InChI is InChI=1S/C7H12O2S/c1-6(5-10-2)3-4-7(8)9/h3H,4-5H2,1-2H3,(H,8,9)/b6-3-. The molecule has 0 aliphatic carbocycles. The third-order valence-corrected chi connectivity index (χ3v) is 1.74. The zero-order chi connectivity index (χ0) is 7.98. The van der Waals surface area contributed by atoms with Crippen molar-refractivity contribution in [2.24, 2.45) is 0 Å². The van der Waals surface area contributed by atoms with Gasteiger partial charge in [0.1, 0.15) is 0 Å². The molecule has 2 nitrogen and oxygen atoms in total. The first-order chi connectivity index (χ1) is 4.66. The largest absolute Gasteiger partial charge is 0.481 e. The molecule has 10 heavy (non-hydrogen) atoms. The maximum absolute atomic E-state index is 10.1. The summed E-state index contributed by atoms with van der Waals surface area (Å²) in [6.07, 6.45) is 3.89. The number of carboxylic acid groups (broad SMARTS) is 1. The Labute approximate surface area is 65.3 Å². The van der Waals surface area contributed by atoms with Crippen molar-refractivity contribution in [1.82, 2.24) is 0 Å². The first kappa shape index (κ1) is 9.56. The van der Waals surface area contributed by atoms with E-state index in [4.69, 9.17) is 5.11 Å². The van der Waals surface area contributed by atoms with Crippen LogP contribution in [-0.2, 0) is 4.79 Å². The van der Waals surface area contributed by atoms with Gasteiger partial charge in [-0.2, -0.15) is 11.8 Å². The smallest absolute Gasteiger partial charge is 0.307 e. The fourth-order valence-corrected chi connectivity index (χ4v) is 1.12. The number of hydrogen-bond acceptors (Lipinski definition) is 2. The van der Waals surface area contributed by atoms with Crippen LogP contribution in [0.1, 0.15) is 13.3 Å². The molecule has 0 amide bonds. The molecule has 3 heteroatoms. The third-order valence-electron chi connectivity index (χ3n) is 0.997. The first-order valence-electron chi connectivity index (χ1n) is 3.03. The zero-order valence-corrected chi connectivity index (χ0v) is 7.07. The van der Waals surface area contributed by atoms with Gasteiger partial charge in [-0.3, -0.25) is 4.79 Å². The van der Waals surface area contributed by atoms with E-state index in [0.717, 1.165) is 11.3 Å². The van der Waals surface area contributed by atoms with Crippen LogP contribution >= 0.6 is 11.8 Å². The second kappa shape index (κ2) is 5.35. The lowest BCUT2D eigenvalue weighted by atomic mass is 10.3. The van der Waals surface area contributed by atoms with Gasteiger partial charge in [-0.1, -0.05) is 11.6 Å². The van der Waals surface area contributed by atoms with Crippen molar-refractivity contribution in [1.29, 1.82) is 0 Å². The van der Waals surface area contributed by atoms with Crippen molar-refractivity contribution < 1.29 is 9.90 Å². The Balaban J connectivity index is 3.57. The van der Waals surface area contributed by atoms with E-state index in [1.165, 1.54) is 0 Å². The molecular formula is C7H12O2S. The average Bonchev–Trinajstić information content (AvgIpc) is 1.85. The van der Waals surface area contributed by atoms with Crippen LogP contribution < -0.4 is 0 Å². The van der Waals surface area contributed by atoms with Gasteiger partial charge in [0.25, 0.3) is 0 Å². The summed E-state index contributed by atoms with van der Waals surface area (Å²) in [6.45, 7) is 1.94. The second-order valence-electron chi connectivity index (χ2n) is 2.08. The molecule has 0 spiro atoms. The van der Waals surface area contributed by atoms with E-state index in [9.17, 15) is 4.79 Å². The normalized spacial score (nSPS) is 11.6. The fraction of sp³-hybridized carbons (Fsp3) is 0.571. The molecule has 0 saturated carbocycles. The topological polar surface area (TPSA) is 37.3 Å². The van der Waals surface area contributed by atoms with Crippen molar-refractivity contribution in [3.05, 3.63) is 11.6 Å². The van der Waals surface area contributed by atoms with Crippen molar-refractivity contribution in [2.45, 2.75) is 13.3 Å².